The molecule has 0 aromatic heterocycles. The summed E-state index contributed by atoms with van der Waals surface area (Å²) in [7, 11) is 0. The maximum atomic E-state index is 12.8. The largest absolute Gasteiger partial charge is 0.461 e. The molecular weight excluding hydrogens is 456 g/mol. The van der Waals surface area contributed by atoms with Gasteiger partial charge in [-0.1, -0.05) is 74.5 Å². The van der Waals surface area contributed by atoms with Gasteiger partial charge in [0.15, 0.2) is 0 Å². The summed E-state index contributed by atoms with van der Waals surface area (Å²) in [5.74, 6) is -0.830. The van der Waals surface area contributed by atoms with Crippen LogP contribution in [0.5, 0.6) is 0 Å². The molecule has 0 atom stereocenters. The highest BCUT2D eigenvalue weighted by Crippen LogP contribution is 2.43. The summed E-state index contributed by atoms with van der Waals surface area (Å²) in [6, 6.07) is 18.9. The van der Waals surface area contributed by atoms with Crippen molar-refractivity contribution >= 4 is 23.5 Å². The molecule has 0 aliphatic rings. The van der Waals surface area contributed by atoms with Crippen LogP contribution in [0.3, 0.4) is 0 Å². The van der Waals surface area contributed by atoms with E-state index in [1.165, 1.54) is 0 Å². The van der Waals surface area contributed by atoms with E-state index >= 15 is 0 Å². The molecule has 194 valence electrons. The number of esters is 2. The number of carbonyl (C=O) groups is 4. The number of ketones is 2. The fraction of sp³-hybridized carbons (Fsp3) is 0.467. The van der Waals surface area contributed by atoms with Gasteiger partial charge in [-0.15, -0.1) is 0 Å². The van der Waals surface area contributed by atoms with E-state index < -0.39 is 10.8 Å². The zero-order chi connectivity index (χ0) is 26.6. The minimum Gasteiger partial charge on any atom is -0.461 e. The molecule has 0 saturated carbocycles. The fourth-order valence-electron chi connectivity index (χ4n) is 3.63. The van der Waals surface area contributed by atoms with E-state index in [0.29, 0.717) is 6.42 Å². The third-order valence-corrected chi connectivity index (χ3v) is 6.82. The van der Waals surface area contributed by atoms with E-state index in [-0.39, 0.29) is 68.8 Å². The Hall–Kier alpha value is -3.28. The molecule has 0 saturated heterocycles. The van der Waals surface area contributed by atoms with E-state index in [4.69, 9.17) is 9.47 Å². The number of rotatable bonds is 15. The van der Waals surface area contributed by atoms with Gasteiger partial charge < -0.3 is 9.47 Å². The van der Waals surface area contributed by atoms with Gasteiger partial charge in [-0.3, -0.25) is 19.2 Å². The Kier molecular flexibility index (Phi) is 11.0. The topological polar surface area (TPSA) is 86.7 Å². The molecule has 6 nitrogen and oxygen atoms in total. The van der Waals surface area contributed by atoms with Crippen LogP contribution in [-0.4, -0.2) is 23.5 Å². The first-order valence-corrected chi connectivity index (χ1v) is 12.5. The van der Waals surface area contributed by atoms with Crippen molar-refractivity contribution in [1.82, 2.24) is 0 Å². The molecule has 0 unspecified atom stereocenters. The van der Waals surface area contributed by atoms with Crippen molar-refractivity contribution in [3.63, 3.8) is 0 Å². The van der Waals surface area contributed by atoms with Crippen LogP contribution in [0.1, 0.15) is 77.3 Å². The van der Waals surface area contributed by atoms with Crippen LogP contribution in [-0.2, 0) is 41.9 Å². The highest BCUT2D eigenvalue weighted by Gasteiger charge is 2.45. The molecule has 0 fully saturated rings. The SMILES string of the molecule is CC(C)(CC(=O)CCC(=O)CCCC(=O)OCc1ccccc1)C(C)(C)C(=O)OCc1ccccc1. The van der Waals surface area contributed by atoms with E-state index in [1.807, 2.05) is 74.5 Å². The van der Waals surface area contributed by atoms with Gasteiger partial charge >= 0.3 is 11.9 Å². The van der Waals surface area contributed by atoms with Gasteiger partial charge in [0.2, 0.25) is 0 Å². The van der Waals surface area contributed by atoms with Gasteiger partial charge in [0.1, 0.15) is 24.8 Å². The minimum atomic E-state index is -0.887. The lowest BCUT2D eigenvalue weighted by Gasteiger charge is -2.39. The molecule has 0 amide bonds. The number of ether oxygens (including phenoxy) is 2. The van der Waals surface area contributed by atoms with Crippen LogP contribution in [0.4, 0.5) is 0 Å². The van der Waals surface area contributed by atoms with Gasteiger partial charge in [0, 0.05) is 32.1 Å². The fourth-order valence-corrected chi connectivity index (χ4v) is 3.63. The van der Waals surface area contributed by atoms with Gasteiger partial charge in [0.05, 0.1) is 5.41 Å². The van der Waals surface area contributed by atoms with Gasteiger partial charge in [-0.25, -0.2) is 0 Å². The normalized spacial score (nSPS) is 11.6. The summed E-state index contributed by atoms with van der Waals surface area (Å²) < 4.78 is 10.7. The zero-order valence-corrected chi connectivity index (χ0v) is 21.9. The highest BCUT2D eigenvalue weighted by molar-refractivity contribution is 5.87. The average molecular weight is 495 g/mol. The Labute approximate surface area is 214 Å². The molecule has 6 heteroatoms. The first kappa shape index (κ1) is 29.0. The molecule has 2 rings (SSSR count). The summed E-state index contributed by atoms with van der Waals surface area (Å²) >= 11 is 0. The number of hydrogen-bond acceptors (Lipinski definition) is 6. The third-order valence-electron chi connectivity index (χ3n) is 6.82. The lowest BCUT2D eigenvalue weighted by molar-refractivity contribution is -0.163. The van der Waals surface area contributed by atoms with Crippen molar-refractivity contribution < 1.29 is 28.7 Å². The smallest absolute Gasteiger partial charge is 0.312 e. The lowest BCUT2D eigenvalue weighted by Crippen LogP contribution is -2.42. The molecule has 2 aromatic rings. The first-order valence-electron chi connectivity index (χ1n) is 12.5. The maximum Gasteiger partial charge on any atom is 0.312 e. The van der Waals surface area contributed by atoms with Crippen molar-refractivity contribution in [3.05, 3.63) is 71.8 Å². The molecule has 0 aliphatic carbocycles. The molecule has 0 spiro atoms. The first-order chi connectivity index (χ1) is 17.0. The van der Waals surface area contributed by atoms with Crippen molar-refractivity contribution in [1.29, 1.82) is 0 Å². The number of carbonyl (C=O) groups excluding carboxylic acids is 4. The van der Waals surface area contributed by atoms with Crippen LogP contribution in [0, 0.1) is 10.8 Å². The Bertz CT molecular complexity index is 1010. The molecule has 0 aliphatic heterocycles. The molecule has 0 bridgehead atoms. The summed E-state index contributed by atoms with van der Waals surface area (Å²) in [6.45, 7) is 7.72. The summed E-state index contributed by atoms with van der Waals surface area (Å²) in [6.07, 6.45) is 1.21. The van der Waals surface area contributed by atoms with Crippen LogP contribution >= 0.6 is 0 Å². The van der Waals surface area contributed by atoms with E-state index in [0.717, 1.165) is 11.1 Å². The van der Waals surface area contributed by atoms with Crippen molar-refractivity contribution in [2.45, 2.75) is 79.4 Å². The monoisotopic (exact) mass is 494 g/mol. The summed E-state index contributed by atoms with van der Waals surface area (Å²) in [4.78, 5) is 49.5. The Morgan fingerprint density at radius 3 is 1.69 bits per heavy atom. The van der Waals surface area contributed by atoms with Gasteiger partial charge in [-0.2, -0.15) is 0 Å². The number of hydrogen-bond donors (Lipinski definition) is 0. The molecule has 36 heavy (non-hydrogen) atoms. The van der Waals surface area contributed by atoms with E-state index in [2.05, 4.69) is 0 Å². The van der Waals surface area contributed by atoms with Gasteiger partial charge in [-0.05, 0) is 36.8 Å². The number of benzene rings is 2. The Morgan fingerprint density at radius 2 is 1.14 bits per heavy atom. The molecule has 2 aromatic carbocycles. The second-order valence-electron chi connectivity index (χ2n) is 10.3. The second kappa shape index (κ2) is 13.7. The van der Waals surface area contributed by atoms with Crippen molar-refractivity contribution in [3.8, 4) is 0 Å². The minimum absolute atomic E-state index is 0.0569. The molecule has 0 heterocycles. The lowest BCUT2D eigenvalue weighted by atomic mass is 9.65. The van der Waals surface area contributed by atoms with Gasteiger partial charge in [0.25, 0.3) is 0 Å². The molecule has 0 radical (unpaired) electrons. The zero-order valence-electron chi connectivity index (χ0n) is 21.9. The van der Waals surface area contributed by atoms with E-state index in [1.54, 1.807) is 13.8 Å². The predicted molar refractivity (Wildman–Crippen MR) is 138 cm³/mol. The molecular formula is C30H38O6. The third kappa shape index (κ3) is 9.40. The Morgan fingerprint density at radius 1 is 0.639 bits per heavy atom. The number of Topliss-reactive ketones (excluding diaryl/α,β-unsaturated/α-hetero) is 2. The predicted octanol–water partition coefficient (Wildman–Crippen LogP) is 6.00. The molecule has 0 N–H and O–H groups in total. The summed E-state index contributed by atoms with van der Waals surface area (Å²) in [5, 5.41) is 0. The van der Waals surface area contributed by atoms with E-state index in [9.17, 15) is 19.2 Å². The second-order valence-corrected chi connectivity index (χ2v) is 10.3. The summed E-state index contributed by atoms with van der Waals surface area (Å²) in [5.41, 5.74) is 0.278. The van der Waals surface area contributed by atoms with Crippen LogP contribution < -0.4 is 0 Å². The van der Waals surface area contributed by atoms with Crippen molar-refractivity contribution in [2.24, 2.45) is 10.8 Å². The Balaban J connectivity index is 1.69. The van der Waals surface area contributed by atoms with Crippen molar-refractivity contribution in [2.75, 3.05) is 0 Å². The highest BCUT2D eigenvalue weighted by atomic mass is 16.5. The standard InChI is InChI=1S/C30H38O6/c1-29(2,30(3,4)28(34)36-22-24-14-9-6-10-15-24)20-26(32)19-18-25(31)16-11-17-27(33)35-21-23-12-7-5-8-13-23/h5-10,12-15H,11,16-22H2,1-4H3. The van der Waals surface area contributed by atoms with Crippen LogP contribution in [0.2, 0.25) is 0 Å². The van der Waals surface area contributed by atoms with Crippen LogP contribution in [0.15, 0.2) is 60.7 Å². The quantitative estimate of drug-likeness (QED) is 0.282. The maximum absolute atomic E-state index is 12.8. The average Bonchev–Trinajstić information content (AvgIpc) is 2.85. The van der Waals surface area contributed by atoms with Crippen LogP contribution in [0.25, 0.3) is 0 Å².